The Morgan fingerprint density at radius 1 is 0.962 bits per heavy atom. The molecule has 0 radical (unpaired) electrons. The highest BCUT2D eigenvalue weighted by atomic mass is 35.5. The first-order valence-corrected chi connectivity index (χ1v) is 11.7. The molecule has 2 aromatic heterocycles. The van der Waals surface area contributed by atoms with Gasteiger partial charge in [0.15, 0.2) is 0 Å². The monoisotopic (exact) mass is 467 g/mol. The number of anilines is 3. The van der Waals surface area contributed by atoms with E-state index < -0.39 is 21.3 Å². The van der Waals surface area contributed by atoms with E-state index in [0.29, 0.717) is 25.0 Å². The van der Waals surface area contributed by atoms with E-state index in [2.05, 4.69) is 4.72 Å². The third-order valence-electron chi connectivity index (χ3n) is 3.08. The molecule has 26 heavy (non-hydrogen) atoms. The molecule has 2 heterocycles. The van der Waals surface area contributed by atoms with Crippen molar-refractivity contribution < 1.29 is 17.2 Å². The largest absolute Gasteiger partial charge is 0.755 e. The molecule has 0 saturated carbocycles. The normalized spacial score (nSPS) is 12.7. The fraction of sp³-hybridized carbons (Fsp3) is 0. The summed E-state index contributed by atoms with van der Waals surface area (Å²) in [6.07, 6.45) is 0. The average Bonchev–Trinajstić information content (AvgIpc) is 3.18. The van der Waals surface area contributed by atoms with Crippen LogP contribution in [0.5, 0.6) is 0 Å². The van der Waals surface area contributed by atoms with E-state index in [0.717, 1.165) is 27.0 Å². The lowest BCUT2D eigenvalue weighted by Gasteiger charge is -2.24. The molecule has 1 unspecified atom stereocenters. The van der Waals surface area contributed by atoms with Crippen LogP contribution < -0.4 is 9.03 Å². The minimum absolute atomic E-state index is 0.0853. The number of halogens is 2. The van der Waals surface area contributed by atoms with Crippen LogP contribution in [-0.2, 0) is 21.3 Å². The third-order valence-corrected chi connectivity index (χ3v) is 8.22. The van der Waals surface area contributed by atoms with Crippen molar-refractivity contribution in [1.29, 1.82) is 0 Å². The highest BCUT2D eigenvalue weighted by molar-refractivity contribution is 7.94. The van der Waals surface area contributed by atoms with Crippen LogP contribution >= 0.6 is 45.9 Å². The van der Waals surface area contributed by atoms with Gasteiger partial charge in [-0.25, -0.2) is 8.42 Å². The second-order valence-electron chi connectivity index (χ2n) is 4.80. The number of thiophene rings is 2. The molecule has 0 fully saturated rings. The number of rotatable bonds is 6. The summed E-state index contributed by atoms with van der Waals surface area (Å²) in [6, 6.07) is 12.0. The summed E-state index contributed by atoms with van der Waals surface area (Å²) in [5, 5.41) is 0.421. The maximum atomic E-state index is 12.3. The fourth-order valence-corrected chi connectivity index (χ4v) is 6.31. The van der Waals surface area contributed by atoms with E-state index in [4.69, 9.17) is 23.2 Å². The number of hydrogen-bond donors (Lipinski definition) is 1. The summed E-state index contributed by atoms with van der Waals surface area (Å²) >= 11 is 11.1. The summed E-state index contributed by atoms with van der Waals surface area (Å²) in [4.78, 5) is 0. The third kappa shape index (κ3) is 4.39. The Bertz CT molecular complexity index is 1050. The van der Waals surface area contributed by atoms with Gasteiger partial charge in [-0.3, -0.25) is 13.2 Å². The van der Waals surface area contributed by atoms with Crippen molar-refractivity contribution >= 4 is 83.5 Å². The van der Waals surface area contributed by atoms with Crippen molar-refractivity contribution in [3.63, 3.8) is 0 Å². The quantitative estimate of drug-likeness (QED) is 0.524. The first-order valence-electron chi connectivity index (χ1n) is 6.79. The second kappa shape index (κ2) is 7.85. The van der Waals surface area contributed by atoms with E-state index in [1.54, 1.807) is 12.1 Å². The summed E-state index contributed by atoms with van der Waals surface area (Å²) in [6.45, 7) is 0. The molecule has 0 aliphatic heterocycles. The van der Waals surface area contributed by atoms with Gasteiger partial charge in [0.05, 0.1) is 25.6 Å². The van der Waals surface area contributed by atoms with Gasteiger partial charge in [0, 0.05) is 5.69 Å². The molecule has 0 bridgehead atoms. The predicted molar refractivity (Wildman–Crippen MR) is 107 cm³/mol. The number of benzene rings is 1. The van der Waals surface area contributed by atoms with E-state index in [9.17, 15) is 17.2 Å². The predicted octanol–water partition coefficient (Wildman–Crippen LogP) is 4.85. The minimum atomic E-state index is -3.76. The smallest absolute Gasteiger partial charge is 0.271 e. The molecule has 0 aliphatic rings. The van der Waals surface area contributed by atoms with E-state index >= 15 is 0 Å². The van der Waals surface area contributed by atoms with Crippen molar-refractivity contribution in [1.82, 2.24) is 0 Å². The molecule has 0 amide bonds. The molecular formula is C14H9Cl2N2O4S4-. The first-order chi connectivity index (χ1) is 12.3. The highest BCUT2D eigenvalue weighted by Gasteiger charge is 2.17. The van der Waals surface area contributed by atoms with Gasteiger partial charge >= 0.3 is 0 Å². The Kier molecular flexibility index (Phi) is 5.92. The molecule has 1 atom stereocenters. The lowest BCUT2D eigenvalue weighted by Crippen LogP contribution is -2.18. The van der Waals surface area contributed by atoms with Crippen molar-refractivity contribution in [2.24, 2.45) is 0 Å². The van der Waals surface area contributed by atoms with E-state index in [1.165, 1.54) is 36.4 Å². The van der Waals surface area contributed by atoms with Crippen LogP contribution in [0.1, 0.15) is 0 Å². The lowest BCUT2D eigenvalue weighted by atomic mass is 10.3. The Hall–Kier alpha value is -1.14. The molecule has 0 aliphatic carbocycles. The standard InChI is InChI=1S/C14H10Cl2N2O4S4/c15-11-5-7-13(23-11)18(25(19)20)10-3-1-9(2-4-10)17-26(21,22)14-8-6-12(16)24-14/h1-8,17H,(H,19,20)/p-1. The van der Waals surface area contributed by atoms with Gasteiger partial charge in [-0.15, -0.1) is 22.7 Å². The Labute approximate surface area is 170 Å². The van der Waals surface area contributed by atoms with E-state index in [-0.39, 0.29) is 4.21 Å². The van der Waals surface area contributed by atoms with Gasteiger partial charge in [0.25, 0.3) is 10.0 Å². The molecule has 3 rings (SSSR count). The zero-order chi connectivity index (χ0) is 18.9. The van der Waals surface area contributed by atoms with Gasteiger partial charge in [-0.2, -0.15) is 0 Å². The Balaban J connectivity index is 1.84. The van der Waals surface area contributed by atoms with Crippen molar-refractivity contribution in [2.45, 2.75) is 4.21 Å². The summed E-state index contributed by atoms with van der Waals surface area (Å²) in [7, 11) is -3.76. The molecular weight excluding hydrogens is 459 g/mol. The van der Waals surface area contributed by atoms with Gasteiger partial charge in [0.1, 0.15) is 9.21 Å². The zero-order valence-corrected chi connectivity index (χ0v) is 17.4. The number of nitrogens with one attached hydrogen (secondary N) is 1. The van der Waals surface area contributed by atoms with Gasteiger partial charge in [0.2, 0.25) is 0 Å². The number of sulfonamides is 1. The number of hydrogen-bond acceptors (Lipinski definition) is 6. The highest BCUT2D eigenvalue weighted by Crippen LogP contribution is 2.36. The summed E-state index contributed by atoms with van der Waals surface area (Å²) in [5.41, 5.74) is 0.637. The van der Waals surface area contributed by atoms with Crippen molar-refractivity contribution in [3.8, 4) is 0 Å². The molecule has 0 spiro atoms. The molecule has 6 nitrogen and oxygen atoms in total. The van der Waals surface area contributed by atoms with Gasteiger partial charge < -0.3 is 4.55 Å². The summed E-state index contributed by atoms with van der Waals surface area (Å²) < 4.78 is 52.1. The molecule has 12 heteroatoms. The fourth-order valence-electron chi connectivity index (χ4n) is 2.01. The minimum Gasteiger partial charge on any atom is -0.755 e. The second-order valence-corrected chi connectivity index (χ2v) is 10.9. The molecule has 1 aromatic carbocycles. The van der Waals surface area contributed by atoms with Gasteiger partial charge in [-0.1, -0.05) is 23.2 Å². The topological polar surface area (TPSA) is 89.5 Å². The molecule has 138 valence electrons. The Morgan fingerprint density at radius 3 is 2.08 bits per heavy atom. The molecule has 3 aromatic rings. The van der Waals surface area contributed by atoms with E-state index in [1.807, 2.05) is 0 Å². The lowest BCUT2D eigenvalue weighted by molar-refractivity contribution is 0.537. The molecule has 0 saturated heterocycles. The van der Waals surface area contributed by atoms with Crippen LogP contribution in [0.15, 0.2) is 52.7 Å². The van der Waals surface area contributed by atoms with Crippen LogP contribution in [0, 0.1) is 0 Å². The summed E-state index contributed by atoms with van der Waals surface area (Å²) in [5.74, 6) is 0. The first kappa shape index (κ1) is 19.6. The van der Waals surface area contributed by atoms with Gasteiger partial charge in [-0.05, 0) is 48.5 Å². The van der Waals surface area contributed by atoms with Crippen LogP contribution in [0.4, 0.5) is 16.4 Å². The van der Waals surface area contributed by atoms with Crippen molar-refractivity contribution in [2.75, 3.05) is 9.03 Å². The van der Waals surface area contributed by atoms with Crippen LogP contribution in [-0.4, -0.2) is 17.2 Å². The maximum absolute atomic E-state index is 12.3. The molecule has 1 N–H and O–H groups in total. The van der Waals surface area contributed by atoms with Crippen LogP contribution in [0.25, 0.3) is 0 Å². The van der Waals surface area contributed by atoms with Crippen molar-refractivity contribution in [3.05, 3.63) is 57.2 Å². The number of nitrogens with zero attached hydrogens (tertiary/aromatic N) is 1. The van der Waals surface area contributed by atoms with Crippen LogP contribution in [0.3, 0.4) is 0 Å². The average molecular weight is 468 g/mol. The maximum Gasteiger partial charge on any atom is 0.271 e. The van der Waals surface area contributed by atoms with Crippen LogP contribution in [0.2, 0.25) is 8.67 Å². The Morgan fingerprint density at radius 2 is 1.58 bits per heavy atom. The zero-order valence-electron chi connectivity index (χ0n) is 12.6. The SMILES string of the molecule is O=S([O-])N(c1ccc(NS(=O)(=O)c2ccc(Cl)s2)cc1)c1ccc(Cl)s1.